The molecule has 1 aromatic heterocycles. The molecule has 0 fully saturated rings. The summed E-state index contributed by atoms with van der Waals surface area (Å²) in [6.45, 7) is 3.43. The Hall–Kier alpha value is -3.54. The normalized spacial score (nSPS) is 10.7. The van der Waals surface area contributed by atoms with Gasteiger partial charge in [0.05, 0.1) is 5.69 Å². The van der Waals surface area contributed by atoms with Gasteiger partial charge in [-0.1, -0.05) is 43.3 Å². The maximum atomic E-state index is 14.9. The summed E-state index contributed by atoms with van der Waals surface area (Å²) in [7, 11) is 1.57. The molecule has 0 radical (unpaired) electrons. The van der Waals surface area contributed by atoms with E-state index in [1.165, 1.54) is 4.90 Å². The highest BCUT2D eigenvalue weighted by Crippen LogP contribution is 2.31. The van der Waals surface area contributed by atoms with Gasteiger partial charge in [0.15, 0.2) is 5.78 Å². The number of halogens is 1. The minimum Gasteiger partial charge on any atom is -0.383 e. The highest BCUT2D eigenvalue weighted by Gasteiger charge is 2.17. The van der Waals surface area contributed by atoms with E-state index < -0.39 is 5.82 Å². The molecule has 0 spiro atoms. The number of nitrogens with zero attached hydrogens (tertiary/aromatic N) is 2. The number of pyridine rings is 1. The number of hydrogen-bond acceptors (Lipinski definition) is 4. The number of carbonyl (C=O) groups excluding carboxylic acids is 2. The van der Waals surface area contributed by atoms with Crippen molar-refractivity contribution in [2.45, 2.75) is 33.1 Å². The van der Waals surface area contributed by atoms with Crippen LogP contribution >= 0.6 is 0 Å². The molecule has 6 heteroatoms. The monoisotopic (exact) mass is 419 g/mol. The average molecular weight is 420 g/mol. The number of benzene rings is 2. The van der Waals surface area contributed by atoms with E-state index in [0.717, 1.165) is 16.7 Å². The van der Waals surface area contributed by atoms with Gasteiger partial charge in [-0.05, 0) is 47.7 Å². The van der Waals surface area contributed by atoms with Crippen molar-refractivity contribution in [1.29, 1.82) is 0 Å². The Morgan fingerprint density at radius 2 is 1.81 bits per heavy atom. The molecule has 2 aromatic carbocycles. The first-order valence-corrected chi connectivity index (χ1v) is 10.2. The van der Waals surface area contributed by atoms with Gasteiger partial charge in [0.2, 0.25) is 5.91 Å². The van der Waals surface area contributed by atoms with Crippen LogP contribution < -0.4 is 10.6 Å². The molecule has 0 bridgehead atoms. The van der Waals surface area contributed by atoms with E-state index in [0.29, 0.717) is 36.2 Å². The molecule has 3 rings (SSSR count). The third-order valence-electron chi connectivity index (χ3n) is 5.47. The van der Waals surface area contributed by atoms with E-state index in [4.69, 9.17) is 5.73 Å². The number of anilines is 2. The molecule has 0 aliphatic heterocycles. The lowest BCUT2D eigenvalue weighted by Crippen LogP contribution is -2.26. The lowest BCUT2D eigenvalue weighted by molar-refractivity contribution is -0.118. The van der Waals surface area contributed by atoms with E-state index in [-0.39, 0.29) is 17.4 Å². The molecule has 0 unspecified atom stereocenters. The molecule has 0 aliphatic rings. The van der Waals surface area contributed by atoms with Gasteiger partial charge in [0.1, 0.15) is 11.6 Å². The van der Waals surface area contributed by atoms with Crippen LogP contribution in [0.15, 0.2) is 54.7 Å². The average Bonchev–Trinajstić information content (AvgIpc) is 2.79. The van der Waals surface area contributed by atoms with Crippen LogP contribution in [0.2, 0.25) is 0 Å². The lowest BCUT2D eigenvalue weighted by atomic mass is 9.96. The summed E-state index contributed by atoms with van der Waals surface area (Å²) in [5.41, 5.74) is 9.52. The number of amides is 1. The van der Waals surface area contributed by atoms with E-state index in [2.05, 4.69) is 4.98 Å². The van der Waals surface area contributed by atoms with Crippen LogP contribution in [0.1, 0.15) is 41.3 Å². The maximum absolute atomic E-state index is 14.9. The zero-order chi connectivity index (χ0) is 22.5. The van der Waals surface area contributed by atoms with Crippen LogP contribution in [0.4, 0.5) is 15.9 Å². The zero-order valence-corrected chi connectivity index (χ0v) is 18.0. The highest BCUT2D eigenvalue weighted by molar-refractivity contribution is 5.97. The van der Waals surface area contributed by atoms with Crippen molar-refractivity contribution >= 4 is 23.2 Å². The predicted octanol–water partition coefficient (Wildman–Crippen LogP) is 4.97. The molecule has 3 aromatic rings. The standard InChI is InChI=1S/C25H26FN3O2/c1-4-23(31)29(3)21-13-12-20(16(2)24(21)26)17-7-9-18(10-8-17)22(30)14-11-19-6-5-15-28-25(19)27/h5-10,12-13,15H,4,11,14H2,1-3H3,(H2,27,28). The van der Waals surface area contributed by atoms with Crippen LogP contribution in [0.3, 0.4) is 0 Å². The summed E-state index contributed by atoms with van der Waals surface area (Å²) in [5.74, 6) is -0.122. The minimum absolute atomic E-state index is 0.00718. The molecule has 0 saturated heterocycles. The number of ketones is 1. The number of nitrogen functional groups attached to an aromatic ring is 1. The van der Waals surface area contributed by atoms with E-state index in [1.54, 1.807) is 57.4 Å². The van der Waals surface area contributed by atoms with Gasteiger partial charge in [0, 0.05) is 31.6 Å². The molecule has 5 nitrogen and oxygen atoms in total. The molecule has 160 valence electrons. The first kappa shape index (κ1) is 22.2. The summed E-state index contributed by atoms with van der Waals surface area (Å²) in [5, 5.41) is 0. The Morgan fingerprint density at radius 1 is 1.10 bits per heavy atom. The molecule has 0 saturated carbocycles. The van der Waals surface area contributed by atoms with Crippen LogP contribution in [0.25, 0.3) is 11.1 Å². The smallest absolute Gasteiger partial charge is 0.226 e. The Morgan fingerprint density at radius 3 is 2.45 bits per heavy atom. The van der Waals surface area contributed by atoms with Gasteiger partial charge >= 0.3 is 0 Å². The first-order chi connectivity index (χ1) is 14.8. The topological polar surface area (TPSA) is 76.3 Å². The Kier molecular flexibility index (Phi) is 6.80. The molecule has 1 amide bonds. The number of aryl methyl sites for hydroxylation is 1. The lowest BCUT2D eigenvalue weighted by Gasteiger charge is -2.19. The molecule has 2 N–H and O–H groups in total. The number of aromatic nitrogens is 1. The Labute approximate surface area is 181 Å². The van der Waals surface area contributed by atoms with Crippen molar-refractivity contribution in [3.05, 3.63) is 77.2 Å². The van der Waals surface area contributed by atoms with E-state index >= 15 is 0 Å². The summed E-state index contributed by atoms with van der Waals surface area (Å²) in [4.78, 5) is 29.8. The van der Waals surface area contributed by atoms with Gasteiger partial charge < -0.3 is 10.6 Å². The quantitative estimate of drug-likeness (QED) is 0.549. The van der Waals surface area contributed by atoms with Crippen molar-refractivity contribution in [1.82, 2.24) is 4.98 Å². The van der Waals surface area contributed by atoms with Gasteiger partial charge in [-0.2, -0.15) is 0 Å². The zero-order valence-electron chi connectivity index (χ0n) is 18.0. The second-order valence-corrected chi connectivity index (χ2v) is 7.43. The summed E-state index contributed by atoms with van der Waals surface area (Å²) < 4.78 is 14.9. The summed E-state index contributed by atoms with van der Waals surface area (Å²) in [6.07, 6.45) is 2.78. The second-order valence-electron chi connectivity index (χ2n) is 7.43. The molecule has 31 heavy (non-hydrogen) atoms. The number of rotatable bonds is 7. The molecular weight excluding hydrogens is 393 g/mol. The number of nitrogens with two attached hydrogens (primary N) is 1. The number of Topliss-reactive ketones (excluding diaryl/α,β-unsaturated/α-hetero) is 1. The van der Waals surface area contributed by atoms with Crippen molar-refractivity contribution in [3.8, 4) is 11.1 Å². The van der Waals surface area contributed by atoms with E-state index in [9.17, 15) is 14.0 Å². The predicted molar refractivity (Wildman–Crippen MR) is 122 cm³/mol. The SMILES string of the molecule is CCC(=O)N(C)c1ccc(-c2ccc(C(=O)CCc3cccnc3N)cc2)c(C)c1F. The van der Waals surface area contributed by atoms with Gasteiger partial charge in [-0.25, -0.2) is 9.37 Å². The Balaban J connectivity index is 1.76. The van der Waals surface area contributed by atoms with Gasteiger partial charge in [-0.15, -0.1) is 0 Å². The summed E-state index contributed by atoms with van der Waals surface area (Å²) in [6, 6.07) is 14.2. The van der Waals surface area contributed by atoms with Gasteiger partial charge in [0.25, 0.3) is 0 Å². The van der Waals surface area contributed by atoms with Crippen LogP contribution in [0.5, 0.6) is 0 Å². The summed E-state index contributed by atoms with van der Waals surface area (Å²) >= 11 is 0. The number of hydrogen-bond donors (Lipinski definition) is 1. The first-order valence-electron chi connectivity index (χ1n) is 10.2. The van der Waals surface area contributed by atoms with Crippen molar-refractivity contribution in [3.63, 3.8) is 0 Å². The largest absolute Gasteiger partial charge is 0.383 e. The third-order valence-corrected chi connectivity index (χ3v) is 5.47. The fourth-order valence-electron chi connectivity index (χ4n) is 3.50. The van der Waals surface area contributed by atoms with Crippen molar-refractivity contribution < 1.29 is 14.0 Å². The Bertz CT molecular complexity index is 1110. The van der Waals surface area contributed by atoms with Crippen LogP contribution in [0, 0.1) is 12.7 Å². The van der Waals surface area contributed by atoms with Crippen LogP contribution in [-0.4, -0.2) is 23.7 Å². The molecule has 1 heterocycles. The minimum atomic E-state index is -0.420. The third kappa shape index (κ3) is 4.79. The van der Waals surface area contributed by atoms with E-state index in [1.807, 2.05) is 18.2 Å². The second kappa shape index (κ2) is 9.51. The van der Waals surface area contributed by atoms with Gasteiger partial charge in [-0.3, -0.25) is 9.59 Å². The fourth-order valence-corrected chi connectivity index (χ4v) is 3.50. The highest BCUT2D eigenvalue weighted by atomic mass is 19.1. The van der Waals surface area contributed by atoms with Crippen molar-refractivity contribution in [2.75, 3.05) is 17.7 Å². The fraction of sp³-hybridized carbons (Fsp3) is 0.240. The maximum Gasteiger partial charge on any atom is 0.226 e. The van der Waals surface area contributed by atoms with Crippen LogP contribution in [-0.2, 0) is 11.2 Å². The number of carbonyl (C=O) groups is 2. The molecule has 0 aliphatic carbocycles. The molecular formula is C25H26FN3O2. The van der Waals surface area contributed by atoms with Crippen molar-refractivity contribution in [2.24, 2.45) is 0 Å². The molecule has 0 atom stereocenters.